The average molecular weight is 364 g/mol. The molecule has 0 atom stereocenters. The molecule has 1 fully saturated rings. The number of carbonyl (C=O) groups excluding carboxylic acids is 2. The molecule has 24 heavy (non-hydrogen) atoms. The maximum Gasteiger partial charge on any atom is 0.257 e. The molecule has 1 saturated heterocycles. The van der Waals surface area contributed by atoms with E-state index in [9.17, 15) is 9.59 Å². The Morgan fingerprint density at radius 1 is 1.04 bits per heavy atom. The fraction of sp³-hybridized carbons (Fsp3) is 0.235. The third kappa shape index (κ3) is 3.68. The number of pyridine rings is 1. The molecule has 0 radical (unpaired) electrons. The van der Waals surface area contributed by atoms with Crippen LogP contribution in [0.25, 0.3) is 0 Å². The minimum Gasteiger partial charge on any atom is -0.339 e. The normalized spacial score (nSPS) is 13.8. The van der Waals surface area contributed by atoms with E-state index in [1.54, 1.807) is 29.2 Å². The Morgan fingerprint density at radius 3 is 2.50 bits per heavy atom. The number of amides is 2. The monoisotopic (exact) mass is 363 g/mol. The highest BCUT2D eigenvalue weighted by atomic mass is 35.5. The van der Waals surface area contributed by atoms with Crippen molar-refractivity contribution in [2.24, 2.45) is 0 Å². The highest BCUT2D eigenvalue weighted by Crippen LogP contribution is 2.26. The van der Waals surface area contributed by atoms with Gasteiger partial charge in [0.05, 0.1) is 21.8 Å². The molecule has 5 nitrogen and oxygen atoms in total. The van der Waals surface area contributed by atoms with Crippen molar-refractivity contribution in [3.63, 3.8) is 0 Å². The summed E-state index contributed by atoms with van der Waals surface area (Å²) in [7, 11) is 0. The van der Waals surface area contributed by atoms with Gasteiger partial charge in [-0.1, -0.05) is 23.2 Å². The van der Waals surface area contributed by atoms with Crippen molar-refractivity contribution in [2.75, 3.05) is 18.4 Å². The number of likely N-dealkylation sites (tertiary alicyclic amines) is 1. The van der Waals surface area contributed by atoms with E-state index in [-0.39, 0.29) is 11.5 Å². The smallest absolute Gasteiger partial charge is 0.257 e. The van der Waals surface area contributed by atoms with Crippen LogP contribution < -0.4 is 5.32 Å². The Balaban J connectivity index is 1.79. The van der Waals surface area contributed by atoms with Crippen molar-refractivity contribution in [2.45, 2.75) is 12.8 Å². The van der Waals surface area contributed by atoms with E-state index in [0.717, 1.165) is 25.9 Å². The Morgan fingerprint density at radius 2 is 1.75 bits per heavy atom. The minimum atomic E-state index is -0.400. The Hall–Kier alpha value is -2.11. The van der Waals surface area contributed by atoms with Crippen LogP contribution in [-0.2, 0) is 0 Å². The highest BCUT2D eigenvalue weighted by Gasteiger charge is 2.21. The number of nitrogens with one attached hydrogen (secondary N) is 1. The van der Waals surface area contributed by atoms with Crippen LogP contribution in [0, 0.1) is 0 Å². The van der Waals surface area contributed by atoms with Gasteiger partial charge in [0.1, 0.15) is 0 Å². The van der Waals surface area contributed by atoms with E-state index in [4.69, 9.17) is 23.2 Å². The van der Waals surface area contributed by atoms with Crippen LogP contribution in [0.4, 0.5) is 5.69 Å². The summed E-state index contributed by atoms with van der Waals surface area (Å²) in [6, 6.07) is 6.34. The summed E-state index contributed by atoms with van der Waals surface area (Å²) < 4.78 is 0. The van der Waals surface area contributed by atoms with Gasteiger partial charge in [0.15, 0.2) is 0 Å². The predicted octanol–water partition coefficient (Wildman–Crippen LogP) is 3.88. The first-order valence-corrected chi connectivity index (χ1v) is 8.31. The van der Waals surface area contributed by atoms with Crippen LogP contribution in [0.5, 0.6) is 0 Å². The van der Waals surface area contributed by atoms with E-state index in [1.165, 1.54) is 12.4 Å². The second-order valence-electron chi connectivity index (χ2n) is 5.54. The second-order valence-corrected chi connectivity index (χ2v) is 6.38. The van der Waals surface area contributed by atoms with Gasteiger partial charge in [-0.2, -0.15) is 0 Å². The lowest BCUT2D eigenvalue weighted by Gasteiger charge is -2.15. The van der Waals surface area contributed by atoms with Crippen molar-refractivity contribution < 1.29 is 9.59 Å². The highest BCUT2D eigenvalue weighted by molar-refractivity contribution is 6.35. The molecule has 1 aliphatic rings. The van der Waals surface area contributed by atoms with Crippen molar-refractivity contribution in [1.82, 2.24) is 9.88 Å². The van der Waals surface area contributed by atoms with Crippen LogP contribution in [0.2, 0.25) is 10.0 Å². The number of benzene rings is 1. The van der Waals surface area contributed by atoms with Crippen LogP contribution in [0.3, 0.4) is 0 Å². The van der Waals surface area contributed by atoms with Gasteiger partial charge in [-0.3, -0.25) is 14.6 Å². The van der Waals surface area contributed by atoms with Gasteiger partial charge < -0.3 is 10.2 Å². The van der Waals surface area contributed by atoms with Crippen molar-refractivity contribution in [1.29, 1.82) is 0 Å². The number of halogens is 2. The Bertz CT molecular complexity index is 789. The summed E-state index contributed by atoms with van der Waals surface area (Å²) in [4.78, 5) is 30.6. The largest absolute Gasteiger partial charge is 0.339 e. The van der Waals surface area contributed by atoms with E-state index in [2.05, 4.69) is 10.3 Å². The molecule has 7 heteroatoms. The van der Waals surface area contributed by atoms with Gasteiger partial charge in [0.2, 0.25) is 0 Å². The molecular formula is C17H15Cl2N3O2. The molecule has 0 bridgehead atoms. The van der Waals surface area contributed by atoms with E-state index in [1.807, 2.05) is 0 Å². The van der Waals surface area contributed by atoms with Crippen LogP contribution in [0.1, 0.15) is 33.6 Å². The standard InChI is InChI=1S/C17H15Cl2N3O2/c18-13-3-4-14(19)15(8-13)21-16(23)11-7-12(10-20-9-11)17(24)22-5-1-2-6-22/h3-4,7-10H,1-2,5-6H2,(H,21,23). The maximum atomic E-state index is 12.4. The fourth-order valence-electron chi connectivity index (χ4n) is 2.57. The molecule has 1 N–H and O–H groups in total. The first-order chi connectivity index (χ1) is 11.5. The van der Waals surface area contributed by atoms with Crippen LogP contribution in [0.15, 0.2) is 36.7 Å². The van der Waals surface area contributed by atoms with Gasteiger partial charge in [0.25, 0.3) is 11.8 Å². The molecule has 0 unspecified atom stereocenters. The van der Waals surface area contributed by atoms with Crippen molar-refractivity contribution in [3.8, 4) is 0 Å². The number of hydrogen-bond acceptors (Lipinski definition) is 3. The molecule has 0 aliphatic carbocycles. The molecule has 2 amide bonds. The minimum absolute atomic E-state index is 0.101. The fourth-order valence-corrected chi connectivity index (χ4v) is 2.91. The SMILES string of the molecule is O=C(Nc1cc(Cl)ccc1Cl)c1cncc(C(=O)N2CCCC2)c1. The first-order valence-electron chi connectivity index (χ1n) is 7.55. The summed E-state index contributed by atoms with van der Waals surface area (Å²) in [5.41, 5.74) is 1.10. The van der Waals surface area contributed by atoms with Crippen LogP contribution in [-0.4, -0.2) is 34.8 Å². The summed E-state index contributed by atoms with van der Waals surface area (Å²) in [6.45, 7) is 1.49. The number of anilines is 1. The summed E-state index contributed by atoms with van der Waals surface area (Å²) in [6.07, 6.45) is 4.90. The number of nitrogens with zero attached hydrogens (tertiary/aromatic N) is 2. The first kappa shape index (κ1) is 16.7. The Kier molecular flexibility index (Phi) is 5.02. The molecule has 2 heterocycles. The molecule has 1 aliphatic heterocycles. The van der Waals surface area contributed by atoms with Crippen LogP contribution >= 0.6 is 23.2 Å². The molecular weight excluding hydrogens is 349 g/mol. The lowest BCUT2D eigenvalue weighted by molar-refractivity contribution is 0.0792. The van der Waals surface area contributed by atoms with Gasteiger partial charge in [0, 0.05) is 30.5 Å². The molecule has 0 spiro atoms. The molecule has 2 aromatic rings. The quantitative estimate of drug-likeness (QED) is 0.899. The zero-order valence-electron chi connectivity index (χ0n) is 12.8. The van der Waals surface area contributed by atoms with E-state index < -0.39 is 5.91 Å². The molecule has 124 valence electrons. The lowest BCUT2D eigenvalue weighted by Crippen LogP contribution is -2.28. The van der Waals surface area contributed by atoms with Gasteiger partial charge in [-0.15, -0.1) is 0 Å². The molecule has 1 aromatic heterocycles. The van der Waals surface area contributed by atoms with Gasteiger partial charge in [-0.05, 0) is 37.1 Å². The average Bonchev–Trinajstić information content (AvgIpc) is 3.12. The number of aromatic nitrogens is 1. The molecule has 3 rings (SSSR count). The molecule has 0 saturated carbocycles. The van der Waals surface area contributed by atoms with Crippen molar-refractivity contribution in [3.05, 3.63) is 57.8 Å². The van der Waals surface area contributed by atoms with E-state index >= 15 is 0 Å². The zero-order valence-corrected chi connectivity index (χ0v) is 14.3. The number of rotatable bonds is 3. The van der Waals surface area contributed by atoms with Gasteiger partial charge >= 0.3 is 0 Å². The van der Waals surface area contributed by atoms with E-state index in [0.29, 0.717) is 21.3 Å². The molecule has 1 aromatic carbocycles. The summed E-state index contributed by atoms with van der Waals surface area (Å²) in [5.74, 6) is -0.502. The van der Waals surface area contributed by atoms with Crippen molar-refractivity contribution >= 4 is 40.7 Å². The summed E-state index contributed by atoms with van der Waals surface area (Å²) >= 11 is 12.0. The second kappa shape index (κ2) is 7.20. The zero-order chi connectivity index (χ0) is 17.1. The Labute approximate surface area is 149 Å². The summed E-state index contributed by atoms with van der Waals surface area (Å²) in [5, 5.41) is 3.53. The van der Waals surface area contributed by atoms with Gasteiger partial charge in [-0.25, -0.2) is 0 Å². The lowest BCUT2D eigenvalue weighted by atomic mass is 10.1. The third-order valence-corrected chi connectivity index (χ3v) is 4.38. The topological polar surface area (TPSA) is 62.3 Å². The third-order valence-electron chi connectivity index (χ3n) is 3.82. The number of carbonyl (C=O) groups is 2. The predicted molar refractivity (Wildman–Crippen MR) is 93.8 cm³/mol. The number of hydrogen-bond donors (Lipinski definition) is 1. The maximum absolute atomic E-state index is 12.4.